The molecule has 1 aliphatic heterocycles. The first-order valence-electron chi connectivity index (χ1n) is 6.26. The van der Waals surface area contributed by atoms with Crippen molar-refractivity contribution in [3.05, 3.63) is 34.3 Å². The predicted molar refractivity (Wildman–Crippen MR) is 74.5 cm³/mol. The van der Waals surface area contributed by atoms with Crippen LogP contribution in [0.4, 0.5) is 0 Å². The van der Waals surface area contributed by atoms with Crippen LogP contribution in [0.15, 0.2) is 28.7 Å². The molecule has 0 bridgehead atoms. The fraction of sp³-hybridized carbons (Fsp3) is 0.500. The molecule has 2 N–H and O–H groups in total. The Morgan fingerprint density at radius 3 is 2.67 bits per heavy atom. The van der Waals surface area contributed by atoms with E-state index in [1.165, 1.54) is 0 Å². The van der Waals surface area contributed by atoms with Crippen molar-refractivity contribution in [2.75, 3.05) is 6.54 Å². The third-order valence-corrected chi connectivity index (χ3v) is 4.06. The number of aliphatic hydroxyl groups is 1. The molecule has 1 aliphatic rings. The first-order valence-corrected chi connectivity index (χ1v) is 7.06. The molecule has 0 aromatic heterocycles. The second kappa shape index (κ2) is 5.51. The number of hydrogen-bond acceptors (Lipinski definition) is 3. The van der Waals surface area contributed by atoms with Crippen molar-refractivity contribution >= 4 is 21.7 Å². The van der Waals surface area contributed by atoms with Crippen LogP contribution in [0.5, 0.6) is 0 Å². The number of carbonyl (C=O) groups is 1. The molecule has 2 rings (SSSR count). The fourth-order valence-corrected chi connectivity index (χ4v) is 2.86. The number of hydrogen-bond donors (Lipinski definition) is 2. The van der Waals surface area contributed by atoms with Crippen molar-refractivity contribution in [3.8, 4) is 0 Å². The highest BCUT2D eigenvalue weighted by atomic mass is 79.9. The van der Waals surface area contributed by atoms with E-state index >= 15 is 0 Å². The van der Waals surface area contributed by atoms with Crippen LogP contribution in [0.3, 0.4) is 0 Å². The average molecular weight is 312 g/mol. The number of aliphatic hydroxyl groups excluding tert-OH is 1. The van der Waals surface area contributed by atoms with Crippen molar-refractivity contribution in [3.63, 3.8) is 0 Å². The largest absolute Gasteiger partial charge is 0.392 e. The van der Waals surface area contributed by atoms with E-state index in [4.69, 9.17) is 0 Å². The number of Topliss-reactive ketones (excluding diaryl/α,β-unsaturated/α-hetero) is 1. The molecule has 2 unspecified atom stereocenters. The molecule has 2 atom stereocenters. The van der Waals surface area contributed by atoms with E-state index in [1.807, 2.05) is 31.2 Å². The molecule has 0 aliphatic carbocycles. The molecule has 4 heteroatoms. The van der Waals surface area contributed by atoms with Crippen LogP contribution in [0.2, 0.25) is 0 Å². The summed E-state index contributed by atoms with van der Waals surface area (Å²) in [6.45, 7) is 2.38. The number of ketones is 1. The van der Waals surface area contributed by atoms with Crippen LogP contribution in [-0.2, 0) is 11.2 Å². The monoisotopic (exact) mass is 311 g/mol. The smallest absolute Gasteiger partial charge is 0.153 e. The lowest BCUT2D eigenvalue weighted by molar-refractivity contribution is -0.124. The van der Waals surface area contributed by atoms with Crippen LogP contribution >= 0.6 is 15.9 Å². The molecule has 18 heavy (non-hydrogen) atoms. The first kappa shape index (κ1) is 13.7. The number of rotatable bonds is 4. The van der Waals surface area contributed by atoms with E-state index in [2.05, 4.69) is 21.2 Å². The van der Waals surface area contributed by atoms with Crippen LogP contribution in [0, 0.1) is 0 Å². The average Bonchev–Trinajstić information content (AvgIpc) is 2.74. The summed E-state index contributed by atoms with van der Waals surface area (Å²) in [6, 6.07) is 7.98. The second-order valence-corrected chi connectivity index (χ2v) is 5.82. The van der Waals surface area contributed by atoms with Gasteiger partial charge >= 0.3 is 0 Å². The van der Waals surface area contributed by atoms with Crippen molar-refractivity contribution < 1.29 is 9.90 Å². The van der Waals surface area contributed by atoms with Gasteiger partial charge in [0, 0.05) is 23.9 Å². The molecule has 0 amide bonds. The minimum Gasteiger partial charge on any atom is -0.392 e. The Morgan fingerprint density at radius 2 is 2.17 bits per heavy atom. The van der Waals surface area contributed by atoms with E-state index in [0.29, 0.717) is 25.8 Å². The number of β-amino-alcohol motifs (C(OH)–C–C–N with tert-alkyl or cyclic N) is 1. The zero-order valence-electron chi connectivity index (χ0n) is 10.4. The van der Waals surface area contributed by atoms with E-state index in [1.54, 1.807) is 0 Å². The number of halogens is 1. The van der Waals surface area contributed by atoms with Gasteiger partial charge < -0.3 is 10.4 Å². The molecule has 0 saturated carbocycles. The van der Waals surface area contributed by atoms with Crippen LogP contribution in [-0.4, -0.2) is 29.1 Å². The van der Waals surface area contributed by atoms with E-state index < -0.39 is 11.6 Å². The van der Waals surface area contributed by atoms with Gasteiger partial charge in [-0.1, -0.05) is 35.0 Å². The number of carbonyl (C=O) groups excluding carboxylic acids is 1. The molecule has 1 fully saturated rings. The summed E-state index contributed by atoms with van der Waals surface area (Å²) < 4.78 is 1.03. The third-order valence-electron chi connectivity index (χ3n) is 3.53. The summed E-state index contributed by atoms with van der Waals surface area (Å²) >= 11 is 3.40. The summed E-state index contributed by atoms with van der Waals surface area (Å²) in [6.07, 6.45) is 1.23. The van der Waals surface area contributed by atoms with Gasteiger partial charge in [-0.3, -0.25) is 4.79 Å². The lowest BCUT2D eigenvalue weighted by atomic mass is 9.84. The molecule has 1 aromatic carbocycles. The topological polar surface area (TPSA) is 49.3 Å². The molecule has 0 spiro atoms. The Morgan fingerprint density at radius 1 is 1.50 bits per heavy atom. The lowest BCUT2D eigenvalue weighted by Crippen LogP contribution is -2.49. The number of nitrogens with one attached hydrogen (secondary N) is 1. The summed E-state index contributed by atoms with van der Waals surface area (Å²) in [7, 11) is 0. The van der Waals surface area contributed by atoms with Crippen molar-refractivity contribution in [2.24, 2.45) is 0 Å². The Labute approximate surface area is 116 Å². The molecular weight excluding hydrogens is 294 g/mol. The van der Waals surface area contributed by atoms with Gasteiger partial charge in [0.15, 0.2) is 5.78 Å². The summed E-state index contributed by atoms with van der Waals surface area (Å²) in [5, 5.41) is 12.9. The summed E-state index contributed by atoms with van der Waals surface area (Å²) in [5.41, 5.74) is 0.531. The molecule has 98 valence electrons. The van der Waals surface area contributed by atoms with Gasteiger partial charge in [-0.2, -0.15) is 0 Å². The first-order chi connectivity index (χ1) is 8.55. The van der Waals surface area contributed by atoms with E-state index in [-0.39, 0.29) is 5.78 Å². The third kappa shape index (κ3) is 2.82. The minimum atomic E-state index is -0.581. The summed E-state index contributed by atoms with van der Waals surface area (Å²) in [4.78, 5) is 12.2. The van der Waals surface area contributed by atoms with Crippen LogP contribution in [0.1, 0.15) is 25.3 Å². The van der Waals surface area contributed by atoms with E-state index in [0.717, 1.165) is 10.0 Å². The molecular formula is C14H18BrNO2. The lowest BCUT2D eigenvalue weighted by Gasteiger charge is -2.27. The zero-order valence-corrected chi connectivity index (χ0v) is 12.0. The Kier molecular flexibility index (Phi) is 4.20. The fourth-order valence-electron chi connectivity index (χ4n) is 2.59. The predicted octanol–water partition coefficient (Wildman–Crippen LogP) is 2.06. The highest BCUT2D eigenvalue weighted by Gasteiger charge is 2.43. The van der Waals surface area contributed by atoms with Gasteiger partial charge in [0.05, 0.1) is 11.6 Å². The quantitative estimate of drug-likeness (QED) is 0.895. The minimum absolute atomic E-state index is 0.182. The number of benzene rings is 1. The second-order valence-electron chi connectivity index (χ2n) is 4.90. The van der Waals surface area contributed by atoms with Gasteiger partial charge in [0.25, 0.3) is 0 Å². The van der Waals surface area contributed by atoms with Gasteiger partial charge in [-0.25, -0.2) is 0 Å². The SMILES string of the molecule is CCC(=O)C1(Cc2ccc(Br)cc2)CC(O)CN1. The van der Waals surface area contributed by atoms with Crippen molar-refractivity contribution in [2.45, 2.75) is 37.8 Å². The Bertz CT molecular complexity index is 432. The van der Waals surface area contributed by atoms with Gasteiger partial charge in [0.2, 0.25) is 0 Å². The Balaban J connectivity index is 2.20. The van der Waals surface area contributed by atoms with Crippen LogP contribution < -0.4 is 5.32 Å². The molecule has 1 aromatic rings. The Hall–Kier alpha value is -0.710. The van der Waals surface area contributed by atoms with Crippen LogP contribution in [0.25, 0.3) is 0 Å². The normalized spacial score (nSPS) is 27.4. The molecule has 0 radical (unpaired) electrons. The van der Waals surface area contributed by atoms with E-state index in [9.17, 15) is 9.90 Å². The maximum Gasteiger partial charge on any atom is 0.153 e. The standard InChI is InChI=1S/C14H18BrNO2/c1-2-13(18)14(8-12(17)9-16-14)7-10-3-5-11(15)6-4-10/h3-6,12,16-17H,2,7-9H2,1H3. The highest BCUT2D eigenvalue weighted by Crippen LogP contribution is 2.27. The molecule has 1 heterocycles. The van der Waals surface area contributed by atoms with Crippen molar-refractivity contribution in [1.82, 2.24) is 5.32 Å². The van der Waals surface area contributed by atoms with Gasteiger partial charge in [-0.15, -0.1) is 0 Å². The maximum absolute atomic E-state index is 12.2. The zero-order chi connectivity index (χ0) is 13.2. The molecule has 1 saturated heterocycles. The highest BCUT2D eigenvalue weighted by molar-refractivity contribution is 9.10. The van der Waals surface area contributed by atoms with Crippen molar-refractivity contribution in [1.29, 1.82) is 0 Å². The van der Waals surface area contributed by atoms with Gasteiger partial charge in [-0.05, 0) is 24.1 Å². The van der Waals surface area contributed by atoms with Gasteiger partial charge in [0.1, 0.15) is 0 Å². The maximum atomic E-state index is 12.2. The molecule has 3 nitrogen and oxygen atoms in total. The summed E-state index contributed by atoms with van der Waals surface area (Å²) in [5.74, 6) is 0.182.